The lowest BCUT2D eigenvalue weighted by Crippen LogP contribution is -1.84. The third-order valence-corrected chi connectivity index (χ3v) is 3.04. The summed E-state index contributed by atoms with van der Waals surface area (Å²) in [6, 6.07) is 11.2. The van der Waals surface area contributed by atoms with Gasteiger partial charge in [-0.25, -0.2) is 8.78 Å². The zero-order chi connectivity index (χ0) is 15.8. The summed E-state index contributed by atoms with van der Waals surface area (Å²) in [5.41, 5.74) is 2.21. The molecule has 2 aromatic rings. The van der Waals surface area contributed by atoms with Crippen molar-refractivity contribution in [2.24, 2.45) is 0 Å². The first-order chi connectivity index (χ1) is 10.7. The molecule has 0 radical (unpaired) electrons. The van der Waals surface area contributed by atoms with Gasteiger partial charge in [-0.3, -0.25) is 0 Å². The van der Waals surface area contributed by atoms with Crippen LogP contribution in [-0.2, 0) is 0 Å². The summed E-state index contributed by atoms with van der Waals surface area (Å²) >= 11 is 0. The molecule has 0 atom stereocenters. The normalized spacial score (nSPS) is 9.41. The minimum Gasteiger partial charge on any atom is -0.204 e. The van der Waals surface area contributed by atoms with Gasteiger partial charge in [0, 0.05) is 23.1 Å². The summed E-state index contributed by atoms with van der Waals surface area (Å²) < 4.78 is 25.9. The van der Waals surface area contributed by atoms with Crippen LogP contribution < -0.4 is 0 Å². The van der Waals surface area contributed by atoms with E-state index in [-0.39, 0.29) is 0 Å². The number of benzene rings is 2. The number of hydrogen-bond acceptors (Lipinski definition) is 0. The van der Waals surface area contributed by atoms with Gasteiger partial charge in [0.25, 0.3) is 0 Å². The number of rotatable bonds is 2. The molecule has 0 N–H and O–H groups in total. The molecule has 0 amide bonds. The minimum atomic E-state index is -0.885. The molecule has 2 rings (SSSR count). The predicted molar refractivity (Wildman–Crippen MR) is 85.2 cm³/mol. The van der Waals surface area contributed by atoms with Crippen molar-refractivity contribution in [1.29, 1.82) is 0 Å². The molecule has 0 saturated carbocycles. The van der Waals surface area contributed by atoms with Crippen LogP contribution in [0.15, 0.2) is 42.5 Å². The van der Waals surface area contributed by atoms with Gasteiger partial charge in [-0.1, -0.05) is 37.0 Å². The van der Waals surface area contributed by atoms with Gasteiger partial charge in [-0.05, 0) is 48.9 Å². The van der Waals surface area contributed by atoms with E-state index in [1.54, 1.807) is 0 Å². The molecule has 0 fully saturated rings. The fourth-order valence-electron chi connectivity index (χ4n) is 1.78. The molecule has 2 heteroatoms. The Morgan fingerprint density at radius 3 is 2.00 bits per heavy atom. The largest absolute Gasteiger partial charge is 0.204 e. The van der Waals surface area contributed by atoms with Crippen LogP contribution >= 0.6 is 0 Å². The molecule has 0 aromatic heterocycles. The Kier molecular flexibility index (Phi) is 5.75. The molecule has 0 aliphatic carbocycles. The Balaban J connectivity index is 2.06. The second-order valence-electron chi connectivity index (χ2n) is 4.86. The Morgan fingerprint density at radius 2 is 1.36 bits per heavy atom. The maximum absolute atomic E-state index is 13.1. The van der Waals surface area contributed by atoms with Gasteiger partial charge in [0.1, 0.15) is 0 Å². The first-order valence-corrected chi connectivity index (χ1v) is 7.25. The van der Waals surface area contributed by atoms with Crippen LogP contribution in [0.4, 0.5) is 8.78 Å². The second-order valence-corrected chi connectivity index (χ2v) is 4.86. The molecule has 0 bridgehead atoms. The molecule has 0 spiro atoms. The average molecular weight is 294 g/mol. The maximum Gasteiger partial charge on any atom is 0.160 e. The summed E-state index contributed by atoms with van der Waals surface area (Å²) in [5.74, 6) is 10.2. The van der Waals surface area contributed by atoms with Gasteiger partial charge in [-0.2, -0.15) is 0 Å². The first kappa shape index (κ1) is 15.8. The Hall–Kier alpha value is -2.58. The maximum atomic E-state index is 13.1. The molecule has 0 heterocycles. The van der Waals surface area contributed by atoms with Gasteiger partial charge in [0.05, 0.1) is 0 Å². The van der Waals surface area contributed by atoms with Crippen LogP contribution in [0.3, 0.4) is 0 Å². The van der Waals surface area contributed by atoms with Crippen molar-refractivity contribution in [3.63, 3.8) is 0 Å². The van der Waals surface area contributed by atoms with E-state index >= 15 is 0 Å². The van der Waals surface area contributed by atoms with Crippen molar-refractivity contribution in [2.75, 3.05) is 0 Å². The highest BCUT2D eigenvalue weighted by Gasteiger charge is 1.99. The number of halogens is 2. The average Bonchev–Trinajstić information content (AvgIpc) is 2.54. The van der Waals surface area contributed by atoms with Crippen molar-refractivity contribution >= 4 is 0 Å². The minimum absolute atomic E-state index is 0.447. The highest BCUT2D eigenvalue weighted by molar-refractivity contribution is 5.45. The molecule has 0 saturated heterocycles. The lowest BCUT2D eigenvalue weighted by atomic mass is 10.1. The van der Waals surface area contributed by atoms with Gasteiger partial charge < -0.3 is 0 Å². The molecule has 0 nitrogen and oxygen atoms in total. The number of unbranched alkanes of at least 4 members (excludes halogenated alkanes) is 2. The second kappa shape index (κ2) is 8.01. The van der Waals surface area contributed by atoms with Gasteiger partial charge in [-0.15, -0.1) is 0 Å². The van der Waals surface area contributed by atoms with Crippen molar-refractivity contribution in [1.82, 2.24) is 0 Å². The van der Waals surface area contributed by atoms with Gasteiger partial charge >= 0.3 is 0 Å². The van der Waals surface area contributed by atoms with Crippen molar-refractivity contribution in [3.05, 3.63) is 70.8 Å². The third kappa shape index (κ3) is 4.76. The summed E-state index contributed by atoms with van der Waals surface area (Å²) in [7, 11) is 0. The Bertz CT molecular complexity index is 750. The van der Waals surface area contributed by atoms with Gasteiger partial charge in [0.15, 0.2) is 11.6 Å². The van der Waals surface area contributed by atoms with E-state index in [1.807, 2.05) is 24.3 Å². The molecule has 0 unspecified atom stereocenters. The first-order valence-electron chi connectivity index (χ1n) is 7.25. The van der Waals surface area contributed by atoms with E-state index in [9.17, 15) is 8.78 Å². The lowest BCUT2D eigenvalue weighted by molar-refractivity contribution is 0.508. The van der Waals surface area contributed by atoms with Crippen LogP contribution in [0.25, 0.3) is 0 Å². The van der Waals surface area contributed by atoms with Crippen molar-refractivity contribution in [3.8, 4) is 23.7 Å². The Labute approximate surface area is 130 Å². The molecular weight excluding hydrogens is 278 g/mol. The summed E-state index contributed by atoms with van der Waals surface area (Å²) in [5, 5.41) is 0. The highest BCUT2D eigenvalue weighted by atomic mass is 19.2. The standard InChI is InChI=1S/C20H16F2/c1-2-3-4-5-6-16-7-9-17(10-8-16)11-12-18-13-14-19(21)20(22)15-18/h7-10,13-15H,2-4H2,1H3. The highest BCUT2D eigenvalue weighted by Crippen LogP contribution is 2.08. The Morgan fingerprint density at radius 1 is 0.773 bits per heavy atom. The smallest absolute Gasteiger partial charge is 0.160 e. The van der Waals surface area contributed by atoms with Gasteiger partial charge in [0.2, 0.25) is 0 Å². The van der Waals surface area contributed by atoms with E-state index in [2.05, 4.69) is 30.6 Å². The third-order valence-electron chi connectivity index (χ3n) is 3.04. The lowest BCUT2D eigenvalue weighted by Gasteiger charge is -1.94. The summed E-state index contributed by atoms with van der Waals surface area (Å²) in [6.45, 7) is 2.14. The summed E-state index contributed by atoms with van der Waals surface area (Å²) in [6.07, 6.45) is 3.17. The van der Waals surface area contributed by atoms with Crippen LogP contribution in [0.1, 0.15) is 42.9 Å². The molecule has 22 heavy (non-hydrogen) atoms. The van der Waals surface area contributed by atoms with E-state index in [4.69, 9.17) is 0 Å². The van der Waals surface area contributed by atoms with Crippen LogP contribution in [0.2, 0.25) is 0 Å². The molecule has 0 aliphatic heterocycles. The fraction of sp³-hybridized carbons (Fsp3) is 0.200. The topological polar surface area (TPSA) is 0 Å². The molecule has 2 aromatic carbocycles. The molecule has 110 valence electrons. The van der Waals surface area contributed by atoms with E-state index in [1.165, 1.54) is 6.07 Å². The zero-order valence-electron chi connectivity index (χ0n) is 12.4. The monoisotopic (exact) mass is 294 g/mol. The fourth-order valence-corrected chi connectivity index (χ4v) is 1.78. The predicted octanol–water partition coefficient (Wildman–Crippen LogP) is 4.91. The van der Waals surface area contributed by atoms with Crippen LogP contribution in [-0.4, -0.2) is 0 Å². The molecule has 0 aliphatic rings. The summed E-state index contributed by atoms with van der Waals surface area (Å²) in [4.78, 5) is 0. The zero-order valence-corrected chi connectivity index (χ0v) is 12.4. The van der Waals surface area contributed by atoms with E-state index < -0.39 is 11.6 Å². The van der Waals surface area contributed by atoms with E-state index in [0.29, 0.717) is 5.56 Å². The quantitative estimate of drug-likeness (QED) is 0.545. The van der Waals surface area contributed by atoms with Crippen LogP contribution in [0, 0.1) is 35.3 Å². The molecular formula is C20H16F2. The van der Waals surface area contributed by atoms with Crippen molar-refractivity contribution in [2.45, 2.75) is 26.2 Å². The van der Waals surface area contributed by atoms with Crippen LogP contribution in [0.5, 0.6) is 0 Å². The number of hydrogen-bond donors (Lipinski definition) is 0. The van der Waals surface area contributed by atoms with E-state index in [0.717, 1.165) is 42.5 Å². The SMILES string of the molecule is CCCCC#Cc1ccc(C#Cc2ccc(F)c(F)c2)cc1. The van der Waals surface area contributed by atoms with Crippen molar-refractivity contribution < 1.29 is 8.78 Å².